The first-order valence-electron chi connectivity index (χ1n) is 10.1. The summed E-state index contributed by atoms with van der Waals surface area (Å²) >= 11 is 0. The van der Waals surface area contributed by atoms with Gasteiger partial charge >= 0.3 is 6.09 Å². The van der Waals surface area contributed by atoms with Gasteiger partial charge in [-0.25, -0.2) is 9.18 Å². The van der Waals surface area contributed by atoms with Crippen molar-refractivity contribution in [3.63, 3.8) is 0 Å². The van der Waals surface area contributed by atoms with E-state index in [1.165, 1.54) is 25.3 Å². The average molecular weight is 432 g/mol. The van der Waals surface area contributed by atoms with Gasteiger partial charge in [0.2, 0.25) is 0 Å². The van der Waals surface area contributed by atoms with Crippen LogP contribution >= 0.6 is 0 Å². The molecule has 0 saturated carbocycles. The first kappa shape index (κ1) is 21.0. The van der Waals surface area contributed by atoms with Crippen molar-refractivity contribution >= 4 is 17.8 Å². The molecule has 1 N–H and O–H groups in total. The van der Waals surface area contributed by atoms with Crippen LogP contribution in [0.4, 0.5) is 15.0 Å². The van der Waals surface area contributed by atoms with E-state index in [0.717, 1.165) is 0 Å². The molecule has 9 nitrogen and oxygen atoms in total. The van der Waals surface area contributed by atoms with Crippen LogP contribution in [0.2, 0.25) is 0 Å². The molecule has 0 radical (unpaired) electrons. The second-order valence-corrected chi connectivity index (χ2v) is 8.03. The fraction of sp³-hybridized carbons (Fsp3) is 0.476. The van der Waals surface area contributed by atoms with E-state index in [0.29, 0.717) is 55.8 Å². The predicted molar refractivity (Wildman–Crippen MR) is 110 cm³/mol. The van der Waals surface area contributed by atoms with Gasteiger partial charge in [0.1, 0.15) is 11.2 Å². The van der Waals surface area contributed by atoms with Crippen molar-refractivity contribution in [2.75, 3.05) is 45.7 Å². The predicted octanol–water partition coefficient (Wildman–Crippen LogP) is 2.66. The fourth-order valence-electron chi connectivity index (χ4n) is 4.09. The van der Waals surface area contributed by atoms with E-state index in [2.05, 4.69) is 10.5 Å². The average Bonchev–Trinajstić information content (AvgIpc) is 3.28. The summed E-state index contributed by atoms with van der Waals surface area (Å²) in [6, 6.07) is 4.26. The number of methoxy groups -OCH3 is 1. The van der Waals surface area contributed by atoms with E-state index < -0.39 is 17.5 Å². The number of hydrogen-bond acceptors (Lipinski definition) is 7. The third-order valence-electron chi connectivity index (χ3n) is 5.77. The van der Waals surface area contributed by atoms with Gasteiger partial charge in [-0.05, 0) is 31.0 Å². The van der Waals surface area contributed by atoms with Crippen LogP contribution in [0.25, 0.3) is 11.3 Å². The van der Waals surface area contributed by atoms with Gasteiger partial charge in [0, 0.05) is 39.2 Å². The van der Waals surface area contributed by atoms with Crippen LogP contribution in [-0.4, -0.2) is 68.5 Å². The second kappa shape index (κ2) is 8.09. The first-order valence-corrected chi connectivity index (χ1v) is 10.1. The molecule has 0 bridgehead atoms. The number of nitrogens with one attached hydrogen (secondary N) is 1. The molecule has 166 valence electrons. The largest absolute Gasteiger partial charge is 0.494 e. The standard InChI is InChI=1S/C21H25FN4O5/c1-25(2)18-16(17(31-24-18)13-5-6-14(22)15(11-13)29-3)19(27)26-9-4-7-21(8-10-26)12-23-20(28)30-21/h5-6,11H,4,7-10,12H2,1-3H3,(H,23,28). The minimum atomic E-state index is -0.571. The Morgan fingerprint density at radius 1 is 1.32 bits per heavy atom. The molecular weight excluding hydrogens is 407 g/mol. The van der Waals surface area contributed by atoms with Crippen molar-refractivity contribution in [2.24, 2.45) is 0 Å². The van der Waals surface area contributed by atoms with Crippen LogP contribution in [-0.2, 0) is 4.74 Å². The molecule has 4 rings (SSSR count). The zero-order chi connectivity index (χ0) is 22.2. The smallest absolute Gasteiger partial charge is 0.407 e. The molecule has 31 heavy (non-hydrogen) atoms. The number of carbonyl (C=O) groups is 2. The summed E-state index contributed by atoms with van der Waals surface area (Å²) in [5, 5.41) is 6.79. The number of halogens is 1. The van der Waals surface area contributed by atoms with Gasteiger partial charge in [0.25, 0.3) is 5.91 Å². The Morgan fingerprint density at radius 2 is 2.13 bits per heavy atom. The van der Waals surface area contributed by atoms with Crippen LogP contribution in [0.3, 0.4) is 0 Å². The third kappa shape index (κ3) is 3.89. The number of nitrogens with zero attached hydrogens (tertiary/aromatic N) is 3. The summed E-state index contributed by atoms with van der Waals surface area (Å²) in [7, 11) is 4.91. The summed E-state index contributed by atoms with van der Waals surface area (Å²) in [4.78, 5) is 28.6. The van der Waals surface area contributed by atoms with Gasteiger partial charge in [0.15, 0.2) is 23.1 Å². The maximum atomic E-state index is 13.9. The number of aromatic nitrogens is 1. The van der Waals surface area contributed by atoms with Crippen LogP contribution in [0.5, 0.6) is 5.75 Å². The Hall–Kier alpha value is -3.30. The molecule has 0 aliphatic carbocycles. The molecule has 2 aliphatic heterocycles. The lowest BCUT2D eigenvalue weighted by Gasteiger charge is -2.25. The minimum Gasteiger partial charge on any atom is -0.494 e. The fourth-order valence-corrected chi connectivity index (χ4v) is 4.09. The highest BCUT2D eigenvalue weighted by Gasteiger charge is 2.42. The Balaban J connectivity index is 1.66. The van der Waals surface area contributed by atoms with Crippen molar-refractivity contribution in [3.8, 4) is 17.1 Å². The summed E-state index contributed by atoms with van der Waals surface area (Å²) in [6.07, 6.45) is 1.51. The molecule has 2 aromatic rings. The third-order valence-corrected chi connectivity index (χ3v) is 5.77. The van der Waals surface area contributed by atoms with Gasteiger partial charge in [0.05, 0.1) is 13.7 Å². The van der Waals surface area contributed by atoms with Crippen molar-refractivity contribution < 1.29 is 28.0 Å². The number of likely N-dealkylation sites (tertiary alicyclic amines) is 1. The molecule has 1 aromatic heterocycles. The van der Waals surface area contributed by atoms with Crippen LogP contribution in [0, 0.1) is 5.82 Å². The van der Waals surface area contributed by atoms with Crippen LogP contribution < -0.4 is 15.0 Å². The first-order chi connectivity index (χ1) is 14.8. The molecule has 1 aromatic carbocycles. The van der Waals surface area contributed by atoms with E-state index >= 15 is 0 Å². The monoisotopic (exact) mass is 432 g/mol. The molecule has 1 spiro atoms. The summed E-state index contributed by atoms with van der Waals surface area (Å²) < 4.78 is 30.0. The van der Waals surface area contributed by atoms with E-state index in [1.807, 2.05) is 0 Å². The molecule has 1 unspecified atom stereocenters. The molecule has 2 aliphatic rings. The molecule has 3 heterocycles. The molecule has 2 saturated heterocycles. The maximum absolute atomic E-state index is 13.9. The van der Waals surface area contributed by atoms with Crippen molar-refractivity contribution in [3.05, 3.63) is 29.6 Å². The highest BCUT2D eigenvalue weighted by Crippen LogP contribution is 2.36. The number of ether oxygens (including phenoxy) is 2. The lowest BCUT2D eigenvalue weighted by atomic mass is 9.95. The summed E-state index contributed by atoms with van der Waals surface area (Å²) in [5.74, 6) is -0.0660. The SMILES string of the molecule is COc1cc(-c2onc(N(C)C)c2C(=O)N2CCCC3(CC2)CNC(=O)O3)ccc1F. The number of rotatable bonds is 4. The van der Waals surface area contributed by atoms with Gasteiger partial charge < -0.3 is 29.1 Å². The molecule has 2 fully saturated rings. The Labute approximate surface area is 179 Å². The van der Waals surface area contributed by atoms with Crippen molar-refractivity contribution in [1.29, 1.82) is 0 Å². The topological polar surface area (TPSA) is 97.1 Å². The number of amides is 2. The van der Waals surface area contributed by atoms with Crippen LogP contribution in [0.1, 0.15) is 29.6 Å². The van der Waals surface area contributed by atoms with Gasteiger partial charge in [-0.1, -0.05) is 5.16 Å². The summed E-state index contributed by atoms with van der Waals surface area (Å²) in [6.45, 7) is 1.39. The zero-order valence-corrected chi connectivity index (χ0v) is 17.7. The molecule has 2 amide bonds. The van der Waals surface area contributed by atoms with Gasteiger partial charge in [-0.3, -0.25) is 4.79 Å². The number of carbonyl (C=O) groups excluding carboxylic acids is 2. The van der Waals surface area contributed by atoms with E-state index in [1.54, 1.807) is 23.9 Å². The van der Waals surface area contributed by atoms with Crippen molar-refractivity contribution in [1.82, 2.24) is 15.4 Å². The highest BCUT2D eigenvalue weighted by atomic mass is 19.1. The van der Waals surface area contributed by atoms with Gasteiger partial charge in [-0.15, -0.1) is 0 Å². The molecule has 1 atom stereocenters. The van der Waals surface area contributed by atoms with Gasteiger partial charge in [-0.2, -0.15) is 0 Å². The van der Waals surface area contributed by atoms with E-state index in [9.17, 15) is 14.0 Å². The minimum absolute atomic E-state index is 0.0472. The highest BCUT2D eigenvalue weighted by molar-refractivity contribution is 6.04. The maximum Gasteiger partial charge on any atom is 0.407 e. The van der Waals surface area contributed by atoms with E-state index in [4.69, 9.17) is 14.0 Å². The quantitative estimate of drug-likeness (QED) is 0.793. The van der Waals surface area contributed by atoms with Crippen molar-refractivity contribution in [2.45, 2.75) is 24.9 Å². The Bertz CT molecular complexity index is 1010. The molecular formula is C21H25FN4O5. The normalized spacial score (nSPS) is 20.9. The van der Waals surface area contributed by atoms with E-state index in [-0.39, 0.29) is 17.4 Å². The second-order valence-electron chi connectivity index (χ2n) is 8.03. The number of alkyl carbamates (subject to hydrolysis) is 1. The summed E-state index contributed by atoms with van der Waals surface area (Å²) in [5.41, 5.74) is 0.219. The zero-order valence-electron chi connectivity index (χ0n) is 17.7. The lowest BCUT2D eigenvalue weighted by molar-refractivity contribution is 0.0439. The Morgan fingerprint density at radius 3 is 2.81 bits per heavy atom. The number of benzene rings is 1. The Kier molecular flexibility index (Phi) is 5.47. The van der Waals surface area contributed by atoms with Crippen LogP contribution in [0.15, 0.2) is 22.7 Å². The number of hydrogen-bond donors (Lipinski definition) is 1. The molecule has 10 heteroatoms. The lowest BCUT2D eigenvalue weighted by Crippen LogP contribution is -2.37. The number of anilines is 1.